The van der Waals surface area contributed by atoms with Crippen molar-refractivity contribution in [2.45, 2.75) is 57.3 Å². The summed E-state index contributed by atoms with van der Waals surface area (Å²) in [5.74, 6) is -0.604. The lowest BCUT2D eigenvalue weighted by Gasteiger charge is -2.19. The molecule has 5 heteroatoms. The third kappa shape index (κ3) is 2.82. The van der Waals surface area contributed by atoms with Crippen molar-refractivity contribution >= 4 is 11.9 Å². The zero-order valence-electron chi connectivity index (χ0n) is 13.1. The van der Waals surface area contributed by atoms with Crippen LogP contribution >= 0.6 is 0 Å². The molecule has 22 heavy (non-hydrogen) atoms. The van der Waals surface area contributed by atoms with Crippen LogP contribution in [0.5, 0.6) is 0 Å². The van der Waals surface area contributed by atoms with Crippen LogP contribution in [0.3, 0.4) is 0 Å². The zero-order chi connectivity index (χ0) is 15.9. The molecule has 5 nitrogen and oxygen atoms in total. The fourth-order valence-corrected chi connectivity index (χ4v) is 3.45. The maximum absolute atomic E-state index is 11.8. The van der Waals surface area contributed by atoms with E-state index >= 15 is 0 Å². The van der Waals surface area contributed by atoms with Crippen molar-refractivity contribution in [1.82, 2.24) is 0 Å². The summed E-state index contributed by atoms with van der Waals surface area (Å²) in [5, 5.41) is 0. The van der Waals surface area contributed by atoms with Gasteiger partial charge in [-0.2, -0.15) is 0 Å². The van der Waals surface area contributed by atoms with Crippen molar-refractivity contribution in [1.29, 1.82) is 0 Å². The van der Waals surface area contributed by atoms with E-state index in [1.54, 1.807) is 0 Å². The molecule has 0 aromatic rings. The SMILES string of the molecule is C=C1C(=O)O[C@H]2[C@H]1CC/C(COC(C)=O)=C\CC[C@@]1(C)O[C@@H]21. The summed E-state index contributed by atoms with van der Waals surface area (Å²) in [4.78, 5) is 22.8. The number of epoxide rings is 1. The Morgan fingerprint density at radius 3 is 3.05 bits per heavy atom. The highest BCUT2D eigenvalue weighted by Crippen LogP contribution is 2.49. The number of hydrogen-bond donors (Lipinski definition) is 0. The maximum atomic E-state index is 11.8. The minimum atomic E-state index is -0.308. The molecule has 0 radical (unpaired) electrons. The van der Waals surface area contributed by atoms with Crippen LogP contribution < -0.4 is 0 Å². The Morgan fingerprint density at radius 2 is 2.32 bits per heavy atom. The van der Waals surface area contributed by atoms with Crippen molar-refractivity contribution in [3.63, 3.8) is 0 Å². The quantitative estimate of drug-likeness (QED) is 0.339. The van der Waals surface area contributed by atoms with Crippen LogP contribution in [0.15, 0.2) is 23.8 Å². The number of carbonyl (C=O) groups is 2. The molecule has 0 aromatic heterocycles. The third-order valence-electron chi connectivity index (χ3n) is 4.90. The second kappa shape index (κ2) is 5.54. The molecule has 3 aliphatic rings. The van der Waals surface area contributed by atoms with Gasteiger partial charge >= 0.3 is 11.9 Å². The van der Waals surface area contributed by atoms with E-state index in [1.165, 1.54) is 6.92 Å². The van der Waals surface area contributed by atoms with Gasteiger partial charge in [-0.25, -0.2) is 4.79 Å². The molecule has 0 saturated carbocycles. The Kier molecular flexibility index (Phi) is 3.85. The number of hydrogen-bond acceptors (Lipinski definition) is 5. The monoisotopic (exact) mass is 306 g/mol. The Balaban J connectivity index is 1.76. The van der Waals surface area contributed by atoms with E-state index in [2.05, 4.69) is 19.6 Å². The Hall–Kier alpha value is -1.62. The van der Waals surface area contributed by atoms with Crippen LogP contribution in [0.25, 0.3) is 0 Å². The molecule has 2 fully saturated rings. The first kappa shape index (κ1) is 15.3. The summed E-state index contributed by atoms with van der Waals surface area (Å²) in [5.41, 5.74) is 1.40. The summed E-state index contributed by atoms with van der Waals surface area (Å²) in [6.45, 7) is 7.67. The van der Waals surface area contributed by atoms with Crippen molar-refractivity contribution in [2.24, 2.45) is 5.92 Å². The molecular weight excluding hydrogens is 284 g/mol. The van der Waals surface area contributed by atoms with Gasteiger partial charge in [-0.05, 0) is 38.2 Å². The summed E-state index contributed by atoms with van der Waals surface area (Å²) in [6, 6.07) is 0. The molecule has 2 heterocycles. The van der Waals surface area contributed by atoms with Crippen molar-refractivity contribution in [2.75, 3.05) is 6.61 Å². The van der Waals surface area contributed by atoms with Gasteiger partial charge < -0.3 is 14.2 Å². The lowest BCUT2D eigenvalue weighted by atomic mass is 9.84. The summed E-state index contributed by atoms with van der Waals surface area (Å²) in [6.07, 6.45) is 5.16. The van der Waals surface area contributed by atoms with E-state index in [1.807, 2.05) is 0 Å². The summed E-state index contributed by atoms with van der Waals surface area (Å²) in [7, 11) is 0. The van der Waals surface area contributed by atoms with Gasteiger partial charge in [0.25, 0.3) is 0 Å². The Bertz CT molecular complexity index is 549. The molecule has 0 bridgehead atoms. The average molecular weight is 306 g/mol. The van der Waals surface area contributed by atoms with Crippen LogP contribution in [-0.4, -0.2) is 36.4 Å². The fraction of sp³-hybridized carbons (Fsp3) is 0.647. The van der Waals surface area contributed by atoms with Crippen molar-refractivity contribution < 1.29 is 23.8 Å². The van der Waals surface area contributed by atoms with Gasteiger partial charge in [-0.1, -0.05) is 12.7 Å². The van der Waals surface area contributed by atoms with E-state index in [-0.39, 0.29) is 35.7 Å². The number of esters is 2. The largest absolute Gasteiger partial charge is 0.461 e. The van der Waals surface area contributed by atoms with Crippen LogP contribution in [0.2, 0.25) is 0 Å². The molecule has 0 N–H and O–H groups in total. The minimum absolute atomic E-state index is 0.0156. The van der Waals surface area contributed by atoms with E-state index in [4.69, 9.17) is 14.2 Å². The molecule has 4 atom stereocenters. The lowest BCUT2D eigenvalue weighted by molar-refractivity contribution is -0.141. The number of ether oxygens (including phenoxy) is 3. The van der Waals surface area contributed by atoms with Gasteiger partial charge in [0, 0.05) is 18.4 Å². The molecule has 0 unspecified atom stereocenters. The zero-order valence-corrected chi connectivity index (χ0v) is 13.1. The Labute approximate surface area is 130 Å². The number of allylic oxidation sites excluding steroid dienone is 1. The molecule has 2 aliphatic heterocycles. The topological polar surface area (TPSA) is 65.1 Å². The first-order valence-electron chi connectivity index (χ1n) is 7.79. The van der Waals surface area contributed by atoms with E-state index < -0.39 is 0 Å². The number of rotatable bonds is 2. The van der Waals surface area contributed by atoms with Gasteiger partial charge in [0.15, 0.2) is 0 Å². The molecule has 0 amide bonds. The molecule has 3 rings (SSSR count). The predicted molar refractivity (Wildman–Crippen MR) is 79.0 cm³/mol. The predicted octanol–water partition coefficient (Wildman–Crippen LogP) is 2.31. The maximum Gasteiger partial charge on any atom is 0.334 e. The molecule has 1 aliphatic carbocycles. The van der Waals surface area contributed by atoms with E-state index in [0.717, 1.165) is 31.3 Å². The fourth-order valence-electron chi connectivity index (χ4n) is 3.45. The summed E-state index contributed by atoms with van der Waals surface area (Å²) < 4.78 is 16.5. The molecule has 2 saturated heterocycles. The van der Waals surface area contributed by atoms with Gasteiger partial charge in [0.05, 0.1) is 5.60 Å². The summed E-state index contributed by atoms with van der Waals surface area (Å²) >= 11 is 0. The van der Waals surface area contributed by atoms with E-state index in [0.29, 0.717) is 12.2 Å². The van der Waals surface area contributed by atoms with E-state index in [9.17, 15) is 9.59 Å². The van der Waals surface area contributed by atoms with Gasteiger partial charge in [0.1, 0.15) is 18.8 Å². The number of fused-ring (bicyclic) bond motifs is 3. The van der Waals surface area contributed by atoms with Crippen molar-refractivity contribution in [3.8, 4) is 0 Å². The number of carbonyl (C=O) groups excluding carboxylic acids is 2. The van der Waals surface area contributed by atoms with Gasteiger partial charge in [0.2, 0.25) is 0 Å². The molecule has 0 aromatic carbocycles. The average Bonchev–Trinajstić information content (AvgIpc) is 3.04. The van der Waals surface area contributed by atoms with Gasteiger partial charge in [-0.3, -0.25) is 4.79 Å². The second-order valence-corrected chi connectivity index (χ2v) is 6.57. The van der Waals surface area contributed by atoms with Gasteiger partial charge in [-0.15, -0.1) is 0 Å². The van der Waals surface area contributed by atoms with Crippen LogP contribution in [-0.2, 0) is 23.8 Å². The standard InChI is InChI=1S/C17H22O5/c1-10-13-7-6-12(9-20-11(2)18)5-4-8-17(3)15(22-17)14(13)21-16(10)19/h5,13-15H,1,4,6-9H2,2-3H3/b12-5+/t13-,14-,15-,17+/m0/s1. The molecule has 0 spiro atoms. The molecule has 120 valence electrons. The highest BCUT2D eigenvalue weighted by Gasteiger charge is 2.61. The van der Waals surface area contributed by atoms with Crippen LogP contribution in [0.1, 0.15) is 39.5 Å². The highest BCUT2D eigenvalue weighted by atomic mass is 16.6. The first-order valence-corrected chi connectivity index (χ1v) is 7.79. The first-order chi connectivity index (χ1) is 10.4. The van der Waals surface area contributed by atoms with Crippen LogP contribution in [0.4, 0.5) is 0 Å². The third-order valence-corrected chi connectivity index (χ3v) is 4.90. The van der Waals surface area contributed by atoms with Crippen molar-refractivity contribution in [3.05, 3.63) is 23.8 Å². The minimum Gasteiger partial charge on any atom is -0.461 e. The second-order valence-electron chi connectivity index (χ2n) is 6.57. The normalized spacial score (nSPS) is 39.9. The Morgan fingerprint density at radius 1 is 1.55 bits per heavy atom. The highest BCUT2D eigenvalue weighted by molar-refractivity contribution is 5.91. The smallest absolute Gasteiger partial charge is 0.334 e. The van der Waals surface area contributed by atoms with Crippen LogP contribution in [0, 0.1) is 5.92 Å². The lowest BCUT2D eigenvalue weighted by Crippen LogP contribution is -2.29. The molecular formula is C17H22O5.